The molecule has 1 saturated carbocycles. The van der Waals surface area contributed by atoms with Crippen LogP contribution in [0, 0.1) is 12.3 Å². The zero-order valence-corrected chi connectivity index (χ0v) is 12.8. The molecular formula is C15H20BrNO. The molecule has 1 aliphatic rings. The van der Waals surface area contributed by atoms with Gasteiger partial charge < -0.3 is 5.32 Å². The zero-order chi connectivity index (χ0) is 13.3. The standard InChI is InChI=1S/C15H20BrNO/c1-10-4-5-12(13(16)8-10)14(18)17-11-6-7-15(2,3)9-11/h4-5,8,11H,6-7,9H2,1-3H3,(H,17,18). The minimum Gasteiger partial charge on any atom is -0.349 e. The summed E-state index contributed by atoms with van der Waals surface area (Å²) in [5, 5.41) is 3.14. The Morgan fingerprint density at radius 3 is 2.72 bits per heavy atom. The van der Waals surface area contributed by atoms with Crippen molar-refractivity contribution < 1.29 is 4.79 Å². The van der Waals surface area contributed by atoms with Crippen LogP contribution in [-0.4, -0.2) is 11.9 Å². The number of hydrogen-bond acceptors (Lipinski definition) is 1. The Morgan fingerprint density at radius 1 is 1.44 bits per heavy atom. The molecule has 0 spiro atoms. The molecule has 0 bridgehead atoms. The van der Waals surface area contributed by atoms with Gasteiger partial charge in [-0.2, -0.15) is 0 Å². The maximum Gasteiger partial charge on any atom is 0.252 e. The molecule has 1 atom stereocenters. The monoisotopic (exact) mass is 309 g/mol. The lowest BCUT2D eigenvalue weighted by Gasteiger charge is -2.18. The summed E-state index contributed by atoms with van der Waals surface area (Å²) < 4.78 is 0.872. The highest BCUT2D eigenvalue weighted by Crippen LogP contribution is 2.37. The first-order valence-corrected chi connectivity index (χ1v) is 7.24. The lowest BCUT2D eigenvalue weighted by atomic mass is 9.92. The molecule has 0 heterocycles. The van der Waals surface area contributed by atoms with Crippen molar-refractivity contribution in [2.45, 2.75) is 46.1 Å². The smallest absolute Gasteiger partial charge is 0.252 e. The van der Waals surface area contributed by atoms with E-state index in [-0.39, 0.29) is 5.91 Å². The van der Waals surface area contributed by atoms with E-state index in [4.69, 9.17) is 0 Å². The second-order valence-corrected chi connectivity index (χ2v) is 6.92. The van der Waals surface area contributed by atoms with E-state index >= 15 is 0 Å². The number of carbonyl (C=O) groups excluding carboxylic acids is 1. The van der Waals surface area contributed by atoms with E-state index in [9.17, 15) is 4.79 Å². The topological polar surface area (TPSA) is 29.1 Å². The van der Waals surface area contributed by atoms with Gasteiger partial charge >= 0.3 is 0 Å². The predicted molar refractivity (Wildman–Crippen MR) is 77.8 cm³/mol. The summed E-state index contributed by atoms with van der Waals surface area (Å²) in [6.07, 6.45) is 3.34. The van der Waals surface area contributed by atoms with Crippen LogP contribution in [0.5, 0.6) is 0 Å². The molecule has 2 nitrogen and oxygen atoms in total. The molecule has 1 unspecified atom stereocenters. The first-order valence-electron chi connectivity index (χ1n) is 6.44. The highest BCUT2D eigenvalue weighted by atomic mass is 79.9. The SMILES string of the molecule is Cc1ccc(C(=O)NC2CCC(C)(C)C2)c(Br)c1. The summed E-state index contributed by atoms with van der Waals surface area (Å²) in [6, 6.07) is 6.15. The van der Waals surface area contributed by atoms with Gasteiger partial charge in [0.1, 0.15) is 0 Å². The molecule has 0 radical (unpaired) electrons. The lowest BCUT2D eigenvalue weighted by molar-refractivity contribution is 0.0935. The third-order valence-corrected chi connectivity index (χ3v) is 4.33. The molecule has 1 N–H and O–H groups in total. The van der Waals surface area contributed by atoms with E-state index in [2.05, 4.69) is 35.1 Å². The van der Waals surface area contributed by atoms with Gasteiger partial charge in [0.15, 0.2) is 0 Å². The molecule has 0 aromatic heterocycles. The largest absolute Gasteiger partial charge is 0.349 e. The van der Waals surface area contributed by atoms with E-state index in [1.807, 2.05) is 25.1 Å². The fourth-order valence-corrected chi connectivity index (χ4v) is 3.30. The molecule has 1 aromatic carbocycles. The van der Waals surface area contributed by atoms with Crippen LogP contribution in [0.1, 0.15) is 49.0 Å². The number of benzene rings is 1. The molecule has 1 aromatic rings. The van der Waals surface area contributed by atoms with Crippen LogP contribution in [0.3, 0.4) is 0 Å². The predicted octanol–water partition coefficient (Wildman–Crippen LogP) is 4.07. The Kier molecular flexibility index (Phi) is 3.81. The van der Waals surface area contributed by atoms with Crippen LogP contribution in [0.25, 0.3) is 0 Å². The van der Waals surface area contributed by atoms with Crippen molar-refractivity contribution in [2.24, 2.45) is 5.41 Å². The van der Waals surface area contributed by atoms with Crippen LogP contribution in [-0.2, 0) is 0 Å². The van der Waals surface area contributed by atoms with Crippen molar-refractivity contribution in [3.8, 4) is 0 Å². The maximum absolute atomic E-state index is 12.2. The van der Waals surface area contributed by atoms with Gasteiger partial charge in [0.05, 0.1) is 5.56 Å². The number of halogens is 1. The summed E-state index contributed by atoms with van der Waals surface area (Å²) in [4.78, 5) is 12.2. The maximum atomic E-state index is 12.2. The average Bonchev–Trinajstić information content (AvgIpc) is 2.57. The van der Waals surface area contributed by atoms with E-state index < -0.39 is 0 Å². The number of aryl methyl sites for hydroxylation is 1. The number of amides is 1. The van der Waals surface area contributed by atoms with Crippen molar-refractivity contribution in [3.63, 3.8) is 0 Å². The summed E-state index contributed by atoms with van der Waals surface area (Å²) in [6.45, 7) is 6.55. The van der Waals surface area contributed by atoms with Gasteiger partial charge in [0, 0.05) is 10.5 Å². The fourth-order valence-electron chi connectivity index (χ4n) is 2.63. The van der Waals surface area contributed by atoms with Gasteiger partial charge in [0.2, 0.25) is 0 Å². The second-order valence-electron chi connectivity index (χ2n) is 6.06. The number of rotatable bonds is 2. The lowest BCUT2D eigenvalue weighted by Crippen LogP contribution is -2.33. The molecular weight excluding hydrogens is 290 g/mol. The second kappa shape index (κ2) is 5.04. The molecule has 1 aliphatic carbocycles. The van der Waals surface area contributed by atoms with Crippen molar-refractivity contribution in [3.05, 3.63) is 33.8 Å². The van der Waals surface area contributed by atoms with Gasteiger partial charge in [-0.15, -0.1) is 0 Å². The Balaban J connectivity index is 2.04. The van der Waals surface area contributed by atoms with Gasteiger partial charge in [-0.1, -0.05) is 19.9 Å². The van der Waals surface area contributed by atoms with Crippen molar-refractivity contribution in [1.29, 1.82) is 0 Å². The third-order valence-electron chi connectivity index (χ3n) is 3.67. The van der Waals surface area contributed by atoms with Crippen LogP contribution >= 0.6 is 15.9 Å². The molecule has 0 aliphatic heterocycles. The van der Waals surface area contributed by atoms with Gasteiger partial charge in [-0.05, 0) is 65.2 Å². The van der Waals surface area contributed by atoms with Crippen LogP contribution in [0.2, 0.25) is 0 Å². The normalized spacial score (nSPS) is 21.9. The highest BCUT2D eigenvalue weighted by Gasteiger charge is 2.31. The Labute approximate surface area is 117 Å². The van der Waals surface area contributed by atoms with E-state index in [1.54, 1.807) is 0 Å². The van der Waals surface area contributed by atoms with Crippen LogP contribution in [0.4, 0.5) is 0 Å². The van der Waals surface area contributed by atoms with E-state index in [1.165, 1.54) is 6.42 Å². The Morgan fingerprint density at radius 2 is 2.17 bits per heavy atom. The van der Waals surface area contributed by atoms with Gasteiger partial charge in [-0.3, -0.25) is 4.79 Å². The molecule has 98 valence electrons. The average molecular weight is 310 g/mol. The van der Waals surface area contributed by atoms with Crippen LogP contribution in [0.15, 0.2) is 22.7 Å². The summed E-state index contributed by atoms with van der Waals surface area (Å²) in [7, 11) is 0. The molecule has 1 fully saturated rings. The van der Waals surface area contributed by atoms with Crippen molar-refractivity contribution >= 4 is 21.8 Å². The Hall–Kier alpha value is -0.830. The minimum atomic E-state index is 0.0320. The first-order chi connectivity index (χ1) is 8.37. The number of hydrogen-bond donors (Lipinski definition) is 1. The quantitative estimate of drug-likeness (QED) is 0.876. The van der Waals surface area contributed by atoms with E-state index in [0.29, 0.717) is 11.5 Å². The van der Waals surface area contributed by atoms with Gasteiger partial charge in [-0.25, -0.2) is 0 Å². The number of nitrogens with one attached hydrogen (secondary N) is 1. The molecule has 3 heteroatoms. The van der Waals surface area contributed by atoms with Crippen LogP contribution < -0.4 is 5.32 Å². The van der Waals surface area contributed by atoms with Crippen molar-refractivity contribution in [1.82, 2.24) is 5.32 Å². The highest BCUT2D eigenvalue weighted by molar-refractivity contribution is 9.10. The van der Waals surface area contributed by atoms with Crippen molar-refractivity contribution in [2.75, 3.05) is 0 Å². The van der Waals surface area contributed by atoms with E-state index in [0.717, 1.165) is 28.4 Å². The first kappa shape index (κ1) is 13.6. The summed E-state index contributed by atoms with van der Waals surface area (Å²) in [5.74, 6) is 0.0320. The summed E-state index contributed by atoms with van der Waals surface area (Å²) in [5.41, 5.74) is 2.24. The molecule has 1 amide bonds. The molecule has 0 saturated heterocycles. The zero-order valence-electron chi connectivity index (χ0n) is 11.2. The Bertz CT molecular complexity index is 468. The number of carbonyl (C=O) groups is 1. The molecule has 2 rings (SSSR count). The summed E-state index contributed by atoms with van der Waals surface area (Å²) >= 11 is 3.46. The third kappa shape index (κ3) is 3.14. The minimum absolute atomic E-state index is 0.0320. The van der Waals surface area contributed by atoms with Gasteiger partial charge in [0.25, 0.3) is 5.91 Å². The fraction of sp³-hybridized carbons (Fsp3) is 0.533. The molecule has 18 heavy (non-hydrogen) atoms.